The van der Waals surface area contributed by atoms with E-state index in [-0.39, 0.29) is 34.6 Å². The fourth-order valence-corrected chi connectivity index (χ4v) is 2.19. The smallest absolute Gasteiger partial charge is 0.196 e. The summed E-state index contributed by atoms with van der Waals surface area (Å²) in [5.41, 5.74) is -0.253. The standard InChI is InChI=1S/C13H16O7/c1-5-9(13(19)12(18)8-4-20-8)11(17)7(3-15)6(2-14)10(5)16/h8,13-17,19H,2-4H2,1H3. The molecule has 0 saturated carbocycles. The van der Waals surface area contributed by atoms with Crippen LogP contribution in [0.25, 0.3) is 0 Å². The third-order valence-corrected chi connectivity index (χ3v) is 3.46. The molecular formula is C13H16O7. The lowest BCUT2D eigenvalue weighted by Gasteiger charge is -2.20. The van der Waals surface area contributed by atoms with Crippen LogP contribution in [0.3, 0.4) is 0 Å². The first-order valence-electron chi connectivity index (χ1n) is 6.05. The summed E-state index contributed by atoms with van der Waals surface area (Å²) in [5, 5.41) is 48.5. The van der Waals surface area contributed by atoms with Gasteiger partial charge in [0.2, 0.25) is 0 Å². The van der Waals surface area contributed by atoms with E-state index < -0.39 is 37.0 Å². The summed E-state index contributed by atoms with van der Waals surface area (Å²) in [7, 11) is 0. The average Bonchev–Trinajstić information content (AvgIpc) is 3.26. The third-order valence-electron chi connectivity index (χ3n) is 3.46. The van der Waals surface area contributed by atoms with Crippen LogP contribution in [0, 0.1) is 6.92 Å². The maximum atomic E-state index is 11.8. The lowest BCUT2D eigenvalue weighted by atomic mass is 9.91. The van der Waals surface area contributed by atoms with Crippen LogP contribution in [0.5, 0.6) is 11.5 Å². The van der Waals surface area contributed by atoms with Crippen LogP contribution >= 0.6 is 0 Å². The molecule has 1 heterocycles. The Hall–Kier alpha value is -1.67. The Morgan fingerprint density at radius 2 is 1.75 bits per heavy atom. The van der Waals surface area contributed by atoms with Crippen molar-refractivity contribution in [2.75, 3.05) is 6.61 Å². The minimum absolute atomic E-state index is 0.0337. The summed E-state index contributed by atoms with van der Waals surface area (Å²) in [4.78, 5) is 11.8. The second kappa shape index (κ2) is 5.37. The molecular weight excluding hydrogens is 268 g/mol. The molecule has 0 bridgehead atoms. The number of carbonyl (C=O) groups excluding carboxylic acids is 1. The molecule has 1 aliphatic heterocycles. The van der Waals surface area contributed by atoms with Gasteiger partial charge in [-0.25, -0.2) is 0 Å². The highest BCUT2D eigenvalue weighted by atomic mass is 16.6. The topological polar surface area (TPSA) is 131 Å². The lowest BCUT2D eigenvalue weighted by molar-refractivity contribution is -0.128. The van der Waals surface area contributed by atoms with Crippen LogP contribution < -0.4 is 0 Å². The minimum atomic E-state index is -1.66. The number of carbonyl (C=O) groups is 1. The molecule has 7 nitrogen and oxygen atoms in total. The van der Waals surface area contributed by atoms with E-state index in [1.807, 2.05) is 0 Å². The number of rotatable bonds is 5. The number of Topliss-reactive ketones (excluding diaryl/α,β-unsaturated/α-hetero) is 1. The summed E-state index contributed by atoms with van der Waals surface area (Å²) in [6.45, 7) is 0.369. The second-order valence-corrected chi connectivity index (χ2v) is 4.64. The predicted molar refractivity (Wildman–Crippen MR) is 66.1 cm³/mol. The number of ketones is 1. The van der Waals surface area contributed by atoms with Crippen molar-refractivity contribution in [3.63, 3.8) is 0 Å². The quantitative estimate of drug-likeness (QED) is 0.360. The first-order chi connectivity index (χ1) is 9.43. The number of epoxide rings is 1. The van der Waals surface area contributed by atoms with Crippen LogP contribution in [0.4, 0.5) is 0 Å². The van der Waals surface area contributed by atoms with Crippen LogP contribution in [0.1, 0.15) is 28.4 Å². The molecule has 1 aromatic rings. The fourth-order valence-electron chi connectivity index (χ4n) is 2.19. The number of hydrogen-bond acceptors (Lipinski definition) is 7. The highest BCUT2D eigenvalue weighted by Gasteiger charge is 2.39. The first kappa shape index (κ1) is 14.7. The van der Waals surface area contributed by atoms with Gasteiger partial charge in [0.1, 0.15) is 23.7 Å². The van der Waals surface area contributed by atoms with Gasteiger partial charge in [-0.3, -0.25) is 4.79 Å². The normalized spacial score (nSPS) is 18.9. The van der Waals surface area contributed by atoms with Crippen molar-refractivity contribution < 1.29 is 35.1 Å². The van der Waals surface area contributed by atoms with E-state index in [2.05, 4.69) is 0 Å². The van der Waals surface area contributed by atoms with Crippen LogP contribution in [0.15, 0.2) is 0 Å². The minimum Gasteiger partial charge on any atom is -0.507 e. The van der Waals surface area contributed by atoms with Crippen LogP contribution in [0.2, 0.25) is 0 Å². The van der Waals surface area contributed by atoms with Gasteiger partial charge in [0.05, 0.1) is 19.8 Å². The lowest BCUT2D eigenvalue weighted by Crippen LogP contribution is -2.19. The van der Waals surface area contributed by atoms with Crippen molar-refractivity contribution in [2.45, 2.75) is 32.3 Å². The second-order valence-electron chi connectivity index (χ2n) is 4.64. The van der Waals surface area contributed by atoms with Gasteiger partial charge in [-0.1, -0.05) is 0 Å². The maximum absolute atomic E-state index is 11.8. The van der Waals surface area contributed by atoms with E-state index >= 15 is 0 Å². The number of ether oxygens (including phenoxy) is 1. The highest BCUT2D eigenvalue weighted by molar-refractivity contribution is 5.91. The Morgan fingerprint density at radius 1 is 1.25 bits per heavy atom. The summed E-state index contributed by atoms with van der Waals surface area (Å²) >= 11 is 0. The molecule has 0 amide bonds. The zero-order chi connectivity index (χ0) is 15.0. The number of hydrogen-bond donors (Lipinski definition) is 5. The number of aliphatic hydroxyl groups excluding tert-OH is 3. The molecule has 2 atom stereocenters. The Labute approximate surface area is 114 Å². The van der Waals surface area contributed by atoms with E-state index in [9.17, 15) is 30.3 Å². The van der Waals surface area contributed by atoms with Gasteiger partial charge < -0.3 is 30.3 Å². The van der Waals surface area contributed by atoms with Crippen molar-refractivity contribution >= 4 is 5.78 Å². The van der Waals surface area contributed by atoms with Crippen molar-refractivity contribution in [3.8, 4) is 11.5 Å². The van der Waals surface area contributed by atoms with Gasteiger partial charge in [0.25, 0.3) is 0 Å². The largest absolute Gasteiger partial charge is 0.507 e. The van der Waals surface area contributed by atoms with E-state index in [1.54, 1.807) is 0 Å². The molecule has 110 valence electrons. The maximum Gasteiger partial charge on any atom is 0.196 e. The van der Waals surface area contributed by atoms with Gasteiger partial charge in [-0.05, 0) is 6.92 Å². The fraction of sp³-hybridized carbons (Fsp3) is 0.462. The molecule has 0 radical (unpaired) electrons. The molecule has 1 aromatic carbocycles. The zero-order valence-electron chi connectivity index (χ0n) is 10.8. The molecule has 2 rings (SSSR count). The molecule has 1 aliphatic rings. The molecule has 1 fully saturated rings. The number of benzene rings is 1. The first-order valence-corrected chi connectivity index (χ1v) is 6.05. The van der Waals surface area contributed by atoms with Crippen molar-refractivity contribution in [1.29, 1.82) is 0 Å². The Morgan fingerprint density at radius 3 is 2.20 bits per heavy atom. The van der Waals surface area contributed by atoms with Gasteiger partial charge in [0, 0.05) is 22.3 Å². The molecule has 0 spiro atoms. The van der Waals surface area contributed by atoms with Crippen molar-refractivity contribution in [1.82, 2.24) is 0 Å². The highest BCUT2D eigenvalue weighted by Crippen LogP contribution is 2.41. The summed E-state index contributed by atoms with van der Waals surface area (Å²) < 4.78 is 4.78. The zero-order valence-corrected chi connectivity index (χ0v) is 10.8. The number of aromatic hydroxyl groups is 2. The van der Waals surface area contributed by atoms with Crippen LogP contribution in [-0.2, 0) is 22.7 Å². The van der Waals surface area contributed by atoms with Gasteiger partial charge in [-0.2, -0.15) is 0 Å². The van der Waals surface area contributed by atoms with E-state index in [0.29, 0.717) is 0 Å². The SMILES string of the molecule is Cc1c(O)c(CO)c(CO)c(O)c1C(O)C(=O)C1CO1. The van der Waals surface area contributed by atoms with Gasteiger partial charge >= 0.3 is 0 Å². The third kappa shape index (κ3) is 2.25. The predicted octanol–water partition coefficient (Wildman–Crippen LogP) is -0.608. The van der Waals surface area contributed by atoms with Crippen molar-refractivity contribution in [2.24, 2.45) is 0 Å². The summed E-state index contributed by atoms with van der Waals surface area (Å²) in [6.07, 6.45) is -2.37. The Balaban J connectivity index is 2.57. The van der Waals surface area contributed by atoms with Crippen molar-refractivity contribution in [3.05, 3.63) is 22.3 Å². The van der Waals surface area contributed by atoms with Gasteiger partial charge in [0.15, 0.2) is 5.78 Å². The molecule has 1 saturated heterocycles. The Kier molecular flexibility index (Phi) is 3.96. The molecule has 7 heteroatoms. The van der Waals surface area contributed by atoms with E-state index in [1.165, 1.54) is 6.92 Å². The average molecular weight is 284 g/mol. The Bertz CT molecular complexity index is 548. The van der Waals surface area contributed by atoms with E-state index in [4.69, 9.17) is 4.74 Å². The monoisotopic (exact) mass is 284 g/mol. The van der Waals surface area contributed by atoms with Crippen LogP contribution in [-0.4, -0.2) is 44.0 Å². The molecule has 5 N–H and O–H groups in total. The summed E-state index contributed by atoms with van der Waals surface area (Å²) in [6, 6.07) is 0. The van der Waals surface area contributed by atoms with Gasteiger partial charge in [-0.15, -0.1) is 0 Å². The molecule has 20 heavy (non-hydrogen) atoms. The summed E-state index contributed by atoms with van der Waals surface area (Å²) in [5.74, 6) is -1.50. The molecule has 2 unspecified atom stereocenters. The number of phenols is 2. The number of aliphatic hydroxyl groups is 3. The van der Waals surface area contributed by atoms with E-state index in [0.717, 1.165) is 0 Å². The molecule has 0 aliphatic carbocycles. The molecule has 0 aromatic heterocycles.